The zero-order chi connectivity index (χ0) is 13.8. The number of nitrogens with two attached hydrogens (primary N) is 1. The molecular weight excluding hydrogens is 245 g/mol. The summed E-state index contributed by atoms with van der Waals surface area (Å²) >= 11 is 0. The second-order valence-corrected chi connectivity index (χ2v) is 4.06. The predicted molar refractivity (Wildman–Crippen MR) is 72.8 cm³/mol. The van der Waals surface area contributed by atoms with Gasteiger partial charge in [0.25, 0.3) is 0 Å². The van der Waals surface area contributed by atoms with Crippen LogP contribution >= 0.6 is 0 Å². The highest BCUT2D eigenvalue weighted by Crippen LogP contribution is 2.38. The largest absolute Gasteiger partial charge is 0.493 e. The van der Waals surface area contributed by atoms with Crippen molar-refractivity contribution in [3.05, 3.63) is 47.8 Å². The first-order chi connectivity index (χ1) is 9.21. The summed E-state index contributed by atoms with van der Waals surface area (Å²) in [6.45, 7) is 0.312. The van der Waals surface area contributed by atoms with Crippen LogP contribution in [0.2, 0.25) is 0 Å². The van der Waals surface area contributed by atoms with Gasteiger partial charge in [-0.15, -0.1) is 0 Å². The summed E-state index contributed by atoms with van der Waals surface area (Å²) in [6.07, 6.45) is 0. The van der Waals surface area contributed by atoms with Crippen LogP contribution in [0, 0.1) is 5.82 Å². The van der Waals surface area contributed by atoms with Crippen molar-refractivity contribution >= 4 is 0 Å². The summed E-state index contributed by atoms with van der Waals surface area (Å²) in [4.78, 5) is 0. The van der Waals surface area contributed by atoms with Gasteiger partial charge in [0.1, 0.15) is 5.82 Å². The maximum atomic E-state index is 14.1. The maximum Gasteiger partial charge on any atom is 0.168 e. The minimum Gasteiger partial charge on any atom is -0.493 e. The first-order valence-electron chi connectivity index (χ1n) is 5.91. The molecule has 0 fully saturated rings. The summed E-state index contributed by atoms with van der Waals surface area (Å²) in [7, 11) is 3.09. The molecule has 2 aromatic carbocycles. The lowest BCUT2D eigenvalue weighted by molar-refractivity contribution is 0.356. The molecule has 0 aliphatic rings. The van der Waals surface area contributed by atoms with Crippen LogP contribution in [0.4, 0.5) is 4.39 Å². The lowest BCUT2D eigenvalue weighted by atomic mass is 10.0. The molecule has 2 N–H and O–H groups in total. The Morgan fingerprint density at radius 1 is 1.05 bits per heavy atom. The Labute approximate surface area is 111 Å². The summed E-state index contributed by atoms with van der Waals surface area (Å²) in [5.74, 6) is 0.765. The number of methoxy groups -OCH3 is 2. The Morgan fingerprint density at radius 2 is 1.84 bits per heavy atom. The van der Waals surface area contributed by atoms with Crippen LogP contribution in [0.25, 0.3) is 11.1 Å². The first kappa shape index (κ1) is 13.4. The fourth-order valence-corrected chi connectivity index (χ4v) is 2.00. The van der Waals surface area contributed by atoms with E-state index in [1.54, 1.807) is 37.4 Å². The SMILES string of the molecule is COc1cccc(-c2ccc(CN)cc2F)c1OC. The van der Waals surface area contributed by atoms with E-state index in [2.05, 4.69) is 0 Å². The van der Waals surface area contributed by atoms with E-state index in [4.69, 9.17) is 15.2 Å². The normalized spacial score (nSPS) is 10.3. The first-order valence-corrected chi connectivity index (χ1v) is 5.91. The summed E-state index contributed by atoms with van der Waals surface area (Å²) < 4.78 is 24.7. The lowest BCUT2D eigenvalue weighted by Gasteiger charge is -2.13. The number of ether oxygens (including phenoxy) is 2. The van der Waals surface area contributed by atoms with Gasteiger partial charge < -0.3 is 15.2 Å². The van der Waals surface area contributed by atoms with Crippen LogP contribution in [-0.4, -0.2) is 14.2 Å². The summed E-state index contributed by atoms with van der Waals surface area (Å²) in [6, 6.07) is 10.3. The molecule has 2 rings (SSSR count). The molecule has 0 bridgehead atoms. The third-order valence-corrected chi connectivity index (χ3v) is 2.96. The summed E-state index contributed by atoms with van der Waals surface area (Å²) in [5, 5.41) is 0. The lowest BCUT2D eigenvalue weighted by Crippen LogP contribution is -1.98. The van der Waals surface area contributed by atoms with Crippen molar-refractivity contribution in [3.63, 3.8) is 0 Å². The van der Waals surface area contributed by atoms with Gasteiger partial charge in [-0.25, -0.2) is 4.39 Å². The fraction of sp³-hybridized carbons (Fsp3) is 0.200. The molecule has 0 radical (unpaired) electrons. The molecule has 19 heavy (non-hydrogen) atoms. The van der Waals surface area contributed by atoms with Crippen LogP contribution in [0.1, 0.15) is 5.56 Å². The smallest absolute Gasteiger partial charge is 0.168 e. The molecule has 0 aliphatic heterocycles. The highest BCUT2D eigenvalue weighted by Gasteiger charge is 2.14. The van der Waals surface area contributed by atoms with Crippen molar-refractivity contribution in [2.75, 3.05) is 14.2 Å². The molecule has 0 amide bonds. The van der Waals surface area contributed by atoms with Gasteiger partial charge in [0.05, 0.1) is 14.2 Å². The molecule has 100 valence electrons. The highest BCUT2D eigenvalue weighted by molar-refractivity contribution is 5.74. The van der Waals surface area contributed by atoms with E-state index < -0.39 is 0 Å². The number of halogens is 1. The van der Waals surface area contributed by atoms with Crippen LogP contribution in [-0.2, 0) is 6.54 Å². The molecule has 0 heterocycles. The number of para-hydroxylation sites is 1. The third-order valence-electron chi connectivity index (χ3n) is 2.96. The number of hydrogen-bond acceptors (Lipinski definition) is 3. The Bertz CT molecular complexity index is 584. The van der Waals surface area contributed by atoms with Gasteiger partial charge in [-0.05, 0) is 17.7 Å². The molecule has 2 aromatic rings. The average molecular weight is 261 g/mol. The number of hydrogen-bond donors (Lipinski definition) is 1. The van der Waals surface area contributed by atoms with Crippen molar-refractivity contribution in [2.45, 2.75) is 6.54 Å². The van der Waals surface area contributed by atoms with Crippen LogP contribution in [0.3, 0.4) is 0 Å². The number of benzene rings is 2. The molecule has 0 spiro atoms. The van der Waals surface area contributed by atoms with Gasteiger partial charge in [0, 0.05) is 17.7 Å². The van der Waals surface area contributed by atoms with Gasteiger partial charge >= 0.3 is 0 Å². The zero-order valence-corrected chi connectivity index (χ0v) is 10.9. The van der Waals surface area contributed by atoms with E-state index in [0.29, 0.717) is 29.2 Å². The molecule has 3 nitrogen and oxygen atoms in total. The quantitative estimate of drug-likeness (QED) is 0.920. The third kappa shape index (κ3) is 2.53. The van der Waals surface area contributed by atoms with E-state index in [1.165, 1.54) is 13.2 Å². The van der Waals surface area contributed by atoms with E-state index in [0.717, 1.165) is 5.56 Å². The fourth-order valence-electron chi connectivity index (χ4n) is 2.00. The van der Waals surface area contributed by atoms with Crippen LogP contribution in [0.5, 0.6) is 11.5 Å². The van der Waals surface area contributed by atoms with Gasteiger partial charge in [-0.3, -0.25) is 0 Å². The van der Waals surface area contributed by atoms with Crippen LogP contribution < -0.4 is 15.2 Å². The van der Waals surface area contributed by atoms with Crippen LogP contribution in [0.15, 0.2) is 36.4 Å². The zero-order valence-electron chi connectivity index (χ0n) is 10.9. The molecule has 0 saturated carbocycles. The maximum absolute atomic E-state index is 14.1. The molecule has 4 heteroatoms. The molecular formula is C15H16FNO2. The van der Waals surface area contributed by atoms with Crippen molar-refractivity contribution in [1.82, 2.24) is 0 Å². The van der Waals surface area contributed by atoms with E-state index in [1.807, 2.05) is 0 Å². The standard InChI is InChI=1S/C15H16FNO2/c1-18-14-5-3-4-12(15(14)19-2)11-7-6-10(9-17)8-13(11)16/h3-8H,9,17H2,1-2H3. The molecule has 0 aliphatic carbocycles. The molecule has 0 saturated heterocycles. The topological polar surface area (TPSA) is 44.5 Å². The second-order valence-electron chi connectivity index (χ2n) is 4.06. The molecule has 0 unspecified atom stereocenters. The van der Waals surface area contributed by atoms with Crippen molar-refractivity contribution in [3.8, 4) is 22.6 Å². The van der Waals surface area contributed by atoms with Gasteiger partial charge in [-0.1, -0.05) is 24.3 Å². The molecule has 0 aromatic heterocycles. The Balaban J connectivity index is 2.58. The van der Waals surface area contributed by atoms with Crippen molar-refractivity contribution in [2.24, 2.45) is 5.73 Å². The van der Waals surface area contributed by atoms with E-state index in [9.17, 15) is 4.39 Å². The Hall–Kier alpha value is -2.07. The van der Waals surface area contributed by atoms with Crippen molar-refractivity contribution in [1.29, 1.82) is 0 Å². The van der Waals surface area contributed by atoms with Gasteiger partial charge in [0.2, 0.25) is 0 Å². The van der Waals surface area contributed by atoms with Gasteiger partial charge in [0.15, 0.2) is 11.5 Å². The Kier molecular flexibility index (Phi) is 4.02. The van der Waals surface area contributed by atoms with E-state index >= 15 is 0 Å². The minimum atomic E-state index is -0.325. The Morgan fingerprint density at radius 3 is 2.42 bits per heavy atom. The van der Waals surface area contributed by atoms with Gasteiger partial charge in [-0.2, -0.15) is 0 Å². The summed E-state index contributed by atoms with van der Waals surface area (Å²) in [5.41, 5.74) is 7.37. The minimum absolute atomic E-state index is 0.312. The second kappa shape index (κ2) is 5.71. The average Bonchev–Trinajstić information content (AvgIpc) is 2.46. The highest BCUT2D eigenvalue weighted by atomic mass is 19.1. The monoisotopic (exact) mass is 261 g/mol. The van der Waals surface area contributed by atoms with E-state index in [-0.39, 0.29) is 5.82 Å². The number of rotatable bonds is 4. The predicted octanol–water partition coefficient (Wildman–Crippen LogP) is 2.97. The molecule has 0 atom stereocenters. The van der Waals surface area contributed by atoms with Crippen molar-refractivity contribution < 1.29 is 13.9 Å².